The van der Waals surface area contributed by atoms with E-state index >= 15 is 0 Å². The van der Waals surface area contributed by atoms with Crippen molar-refractivity contribution in [1.82, 2.24) is 0 Å². The van der Waals surface area contributed by atoms with Crippen LogP contribution in [0.4, 0.5) is 0 Å². The number of fused-ring (bicyclic) bond motifs is 1. The second kappa shape index (κ2) is 6.13. The van der Waals surface area contributed by atoms with E-state index in [9.17, 15) is 0 Å². The van der Waals surface area contributed by atoms with Gasteiger partial charge >= 0.3 is 0 Å². The van der Waals surface area contributed by atoms with E-state index in [2.05, 4.69) is 13.8 Å². The van der Waals surface area contributed by atoms with Gasteiger partial charge in [0.25, 0.3) is 0 Å². The van der Waals surface area contributed by atoms with Gasteiger partial charge in [-0.1, -0.05) is 38.5 Å². The van der Waals surface area contributed by atoms with Crippen molar-refractivity contribution in [3.63, 3.8) is 0 Å². The van der Waals surface area contributed by atoms with Crippen LogP contribution < -0.4 is 11.5 Å². The third kappa shape index (κ3) is 4.75. The van der Waals surface area contributed by atoms with Crippen LogP contribution in [0.3, 0.4) is 0 Å². The zero-order chi connectivity index (χ0) is 13.9. The molecule has 2 heteroatoms. The molecule has 0 aliphatic heterocycles. The molecule has 2 aliphatic carbocycles. The summed E-state index contributed by atoms with van der Waals surface area (Å²) in [6, 6.07) is 0. The SMILES string of the molecule is CC1(N)CCCCC2CCCCC(C)(N)CC2CC1. The molecule has 2 aliphatic rings. The van der Waals surface area contributed by atoms with E-state index < -0.39 is 0 Å². The molecule has 2 fully saturated rings. The van der Waals surface area contributed by atoms with Gasteiger partial charge in [-0.2, -0.15) is 0 Å². The van der Waals surface area contributed by atoms with Crippen LogP contribution in [0.1, 0.15) is 84.5 Å². The molecule has 2 rings (SSSR count). The van der Waals surface area contributed by atoms with Crippen LogP contribution in [0.5, 0.6) is 0 Å². The Morgan fingerprint density at radius 1 is 0.684 bits per heavy atom. The highest BCUT2D eigenvalue weighted by atomic mass is 14.7. The van der Waals surface area contributed by atoms with Crippen molar-refractivity contribution in [1.29, 1.82) is 0 Å². The smallest absolute Gasteiger partial charge is 0.0128 e. The molecule has 0 aromatic heterocycles. The van der Waals surface area contributed by atoms with Gasteiger partial charge < -0.3 is 11.5 Å². The maximum absolute atomic E-state index is 6.52. The first-order chi connectivity index (χ1) is 8.88. The van der Waals surface area contributed by atoms with Gasteiger partial charge in [0.05, 0.1) is 0 Å². The van der Waals surface area contributed by atoms with E-state index in [0.717, 1.165) is 11.8 Å². The van der Waals surface area contributed by atoms with Crippen LogP contribution in [0.2, 0.25) is 0 Å². The molecule has 112 valence electrons. The minimum atomic E-state index is 0.0578. The molecule has 4 N–H and O–H groups in total. The second-order valence-electron chi connectivity index (χ2n) is 8.06. The van der Waals surface area contributed by atoms with E-state index in [-0.39, 0.29) is 11.1 Å². The molecular formula is C17H34N2. The van der Waals surface area contributed by atoms with Crippen LogP contribution >= 0.6 is 0 Å². The molecule has 0 saturated heterocycles. The molecule has 0 radical (unpaired) electrons. The molecule has 2 nitrogen and oxygen atoms in total. The standard InChI is InChI=1S/C17H34N2/c1-16(18)10-5-3-7-14-8-4-6-11-17(2,19)13-15(14)9-12-16/h14-15H,3-13,18-19H2,1-2H3. The molecular weight excluding hydrogens is 232 g/mol. The first-order valence-electron chi connectivity index (χ1n) is 8.46. The summed E-state index contributed by atoms with van der Waals surface area (Å²) in [5, 5.41) is 0. The molecule has 0 heterocycles. The number of nitrogens with two attached hydrogens (primary N) is 2. The molecule has 4 unspecified atom stereocenters. The van der Waals surface area contributed by atoms with Crippen LogP contribution in [0.15, 0.2) is 0 Å². The second-order valence-corrected chi connectivity index (χ2v) is 8.06. The fourth-order valence-electron chi connectivity index (χ4n) is 4.33. The first-order valence-corrected chi connectivity index (χ1v) is 8.46. The van der Waals surface area contributed by atoms with Crippen molar-refractivity contribution in [2.75, 3.05) is 0 Å². The average molecular weight is 266 g/mol. The molecule has 0 spiro atoms. The molecule has 4 atom stereocenters. The van der Waals surface area contributed by atoms with Crippen molar-refractivity contribution in [2.45, 2.75) is 95.6 Å². The van der Waals surface area contributed by atoms with Crippen molar-refractivity contribution < 1.29 is 0 Å². The van der Waals surface area contributed by atoms with Crippen molar-refractivity contribution in [3.05, 3.63) is 0 Å². The highest BCUT2D eigenvalue weighted by molar-refractivity contribution is 4.90. The van der Waals surface area contributed by atoms with Crippen LogP contribution in [-0.2, 0) is 0 Å². The Hall–Kier alpha value is -0.0800. The Labute approximate surface area is 119 Å². The number of hydrogen-bond donors (Lipinski definition) is 2. The van der Waals surface area contributed by atoms with Gasteiger partial charge in [-0.3, -0.25) is 0 Å². The van der Waals surface area contributed by atoms with E-state index in [4.69, 9.17) is 11.5 Å². The summed E-state index contributed by atoms with van der Waals surface area (Å²) in [6.45, 7) is 4.52. The number of rotatable bonds is 0. The van der Waals surface area contributed by atoms with Gasteiger partial charge in [-0.05, 0) is 57.8 Å². The van der Waals surface area contributed by atoms with Gasteiger partial charge in [0, 0.05) is 11.1 Å². The summed E-state index contributed by atoms with van der Waals surface area (Å²) in [5.41, 5.74) is 13.1. The topological polar surface area (TPSA) is 52.0 Å². The van der Waals surface area contributed by atoms with Crippen LogP contribution in [0.25, 0.3) is 0 Å². The Morgan fingerprint density at radius 2 is 1.26 bits per heavy atom. The predicted molar refractivity (Wildman–Crippen MR) is 83.0 cm³/mol. The minimum absolute atomic E-state index is 0.0578. The lowest BCUT2D eigenvalue weighted by Gasteiger charge is -2.37. The molecule has 0 aromatic carbocycles. The predicted octanol–water partition coefficient (Wildman–Crippen LogP) is 3.97. The Kier molecular flexibility index (Phi) is 4.94. The normalized spacial score (nSPS) is 46.1. The van der Waals surface area contributed by atoms with Gasteiger partial charge in [0.15, 0.2) is 0 Å². The maximum atomic E-state index is 6.52. The fraction of sp³-hybridized carbons (Fsp3) is 1.00. The third-order valence-electron chi connectivity index (χ3n) is 5.63. The lowest BCUT2D eigenvalue weighted by Crippen LogP contribution is -2.42. The Balaban J connectivity index is 2.07. The van der Waals surface area contributed by atoms with Gasteiger partial charge in [0.2, 0.25) is 0 Å². The van der Waals surface area contributed by atoms with E-state index in [1.165, 1.54) is 70.6 Å². The Bertz CT molecular complexity index is 283. The lowest BCUT2D eigenvalue weighted by molar-refractivity contribution is 0.176. The molecule has 0 bridgehead atoms. The molecule has 19 heavy (non-hydrogen) atoms. The van der Waals surface area contributed by atoms with E-state index in [1.54, 1.807) is 0 Å². The summed E-state index contributed by atoms with van der Waals surface area (Å²) in [4.78, 5) is 0. The number of hydrogen-bond acceptors (Lipinski definition) is 2. The monoisotopic (exact) mass is 266 g/mol. The van der Waals surface area contributed by atoms with Crippen LogP contribution in [0, 0.1) is 11.8 Å². The third-order valence-corrected chi connectivity index (χ3v) is 5.63. The summed E-state index contributed by atoms with van der Waals surface area (Å²) in [5.74, 6) is 1.73. The van der Waals surface area contributed by atoms with Gasteiger partial charge in [-0.25, -0.2) is 0 Å². The fourth-order valence-corrected chi connectivity index (χ4v) is 4.33. The average Bonchev–Trinajstić information content (AvgIpc) is 2.35. The summed E-state index contributed by atoms with van der Waals surface area (Å²) >= 11 is 0. The van der Waals surface area contributed by atoms with Gasteiger partial charge in [0.1, 0.15) is 0 Å². The Morgan fingerprint density at radius 3 is 1.89 bits per heavy atom. The zero-order valence-electron chi connectivity index (χ0n) is 13.1. The molecule has 0 amide bonds. The summed E-state index contributed by atoms with van der Waals surface area (Å²) < 4.78 is 0. The van der Waals surface area contributed by atoms with E-state index in [0.29, 0.717) is 0 Å². The van der Waals surface area contributed by atoms with Crippen molar-refractivity contribution in [3.8, 4) is 0 Å². The van der Waals surface area contributed by atoms with Crippen molar-refractivity contribution in [2.24, 2.45) is 23.3 Å². The van der Waals surface area contributed by atoms with Crippen LogP contribution in [-0.4, -0.2) is 11.1 Å². The van der Waals surface area contributed by atoms with Crippen molar-refractivity contribution >= 4 is 0 Å². The largest absolute Gasteiger partial charge is 0.325 e. The summed E-state index contributed by atoms with van der Waals surface area (Å²) in [7, 11) is 0. The highest BCUT2D eigenvalue weighted by Crippen LogP contribution is 2.39. The zero-order valence-corrected chi connectivity index (χ0v) is 13.1. The maximum Gasteiger partial charge on any atom is 0.0128 e. The molecule has 2 saturated carbocycles. The van der Waals surface area contributed by atoms with E-state index in [1.807, 2.05) is 0 Å². The summed E-state index contributed by atoms with van der Waals surface area (Å²) in [6.07, 6.45) is 14.3. The first kappa shape index (κ1) is 15.3. The highest BCUT2D eigenvalue weighted by Gasteiger charge is 2.33. The minimum Gasteiger partial charge on any atom is -0.325 e. The van der Waals surface area contributed by atoms with Gasteiger partial charge in [-0.15, -0.1) is 0 Å². The molecule has 0 aromatic rings. The lowest BCUT2D eigenvalue weighted by atomic mass is 9.71. The quantitative estimate of drug-likeness (QED) is 0.697.